The first-order valence-electron chi connectivity index (χ1n) is 9.20. The maximum atomic E-state index is 9.22. The minimum atomic E-state index is -4.41. The lowest BCUT2D eigenvalue weighted by Gasteiger charge is -2.31. The number of hydrogen-bond donors (Lipinski definition) is 0. The van der Waals surface area contributed by atoms with Crippen LogP contribution in [0.4, 0.5) is 0 Å². The molecule has 0 amide bonds. The molecular weight excluding hydrogens is 396 g/mol. The van der Waals surface area contributed by atoms with Gasteiger partial charge in [0, 0.05) is 10.8 Å². The zero-order valence-corrected chi connectivity index (χ0v) is 21.8. The number of nitrogens with zero attached hydrogens (tertiary/aromatic N) is 2. The molecule has 0 aliphatic heterocycles. The highest BCUT2D eigenvalue weighted by molar-refractivity contribution is 7.80. The van der Waals surface area contributed by atoms with E-state index < -0.39 is 16.4 Å². The Bertz CT molecular complexity index is 495. The summed E-state index contributed by atoms with van der Waals surface area (Å²) in [4.78, 5) is 9.14. The van der Waals surface area contributed by atoms with Crippen molar-refractivity contribution in [2.45, 2.75) is 41.5 Å². The van der Waals surface area contributed by atoms with Gasteiger partial charge in [0.05, 0.1) is 68.5 Å². The van der Waals surface area contributed by atoms with Crippen molar-refractivity contribution in [2.75, 3.05) is 62.5 Å². The third-order valence-electron chi connectivity index (χ3n) is 2.27. The second-order valence-corrected chi connectivity index (χ2v) is 12.3. The lowest BCUT2D eigenvalue weighted by atomic mass is 9.96. The van der Waals surface area contributed by atoms with E-state index in [1.807, 2.05) is 0 Å². The molecule has 0 heterocycles. The molecule has 0 atom stereocenters. The fourth-order valence-corrected chi connectivity index (χ4v) is 2.85. The van der Waals surface area contributed by atoms with E-state index in [9.17, 15) is 13.0 Å². The quantitative estimate of drug-likeness (QED) is 0.283. The number of quaternary nitrogens is 2. The van der Waals surface area contributed by atoms with Crippen LogP contribution in [0.15, 0.2) is 12.7 Å². The fourth-order valence-electron chi connectivity index (χ4n) is 2.85. The predicted octanol–water partition coefficient (Wildman–Crippen LogP) is 1.49. The number of aliphatic carboxylic acids is 1. The number of carboxylic acid groups (broad SMARTS) is 1. The second-order valence-electron chi connectivity index (χ2n) is 11.1. The van der Waals surface area contributed by atoms with Gasteiger partial charge in [0.1, 0.15) is 0 Å². The van der Waals surface area contributed by atoms with Gasteiger partial charge < -0.3 is 23.4 Å². The lowest BCUT2D eigenvalue weighted by Crippen LogP contribution is -2.41. The van der Waals surface area contributed by atoms with Crippen molar-refractivity contribution in [1.82, 2.24) is 0 Å². The standard InChI is InChI=1S/2C8H20N.C3H4O2.CH4O4S/c2*1-8(2,3)7-9(4,5)6;1-2-3(4)5;1-5-6(2,3)4/h2*7H2,1-6H3;2H,1H2,(H,4,5);1H3,(H,2,3,4)/q2*+1;;/p-2. The van der Waals surface area contributed by atoms with Gasteiger partial charge in [-0.3, -0.25) is 4.18 Å². The average Bonchev–Trinajstić information content (AvgIpc) is 2.31. The maximum Gasteiger partial charge on any atom is 0.217 e. The molecule has 0 aromatic carbocycles. The Labute approximate surface area is 180 Å². The van der Waals surface area contributed by atoms with E-state index >= 15 is 0 Å². The summed E-state index contributed by atoms with van der Waals surface area (Å²) in [6.45, 7) is 19.0. The summed E-state index contributed by atoms with van der Waals surface area (Å²) in [7, 11) is 9.76. The summed E-state index contributed by atoms with van der Waals surface area (Å²) in [5.74, 6) is -1.23. The number of carbonyl (C=O) groups excluding carboxylic acids is 1. The van der Waals surface area contributed by atoms with Crippen molar-refractivity contribution >= 4 is 16.4 Å². The Morgan fingerprint density at radius 3 is 1.07 bits per heavy atom. The molecule has 0 spiro atoms. The van der Waals surface area contributed by atoms with Gasteiger partial charge in [0.2, 0.25) is 10.4 Å². The Morgan fingerprint density at radius 2 is 1.07 bits per heavy atom. The summed E-state index contributed by atoms with van der Waals surface area (Å²) >= 11 is 0. The predicted molar refractivity (Wildman–Crippen MR) is 117 cm³/mol. The first kappa shape index (κ1) is 35.4. The second kappa shape index (κ2) is 14.1. The van der Waals surface area contributed by atoms with E-state index in [1.165, 1.54) is 13.1 Å². The van der Waals surface area contributed by atoms with Crippen molar-refractivity contribution in [2.24, 2.45) is 10.8 Å². The molecule has 0 unspecified atom stereocenters. The molecule has 0 aromatic heterocycles. The summed E-state index contributed by atoms with van der Waals surface area (Å²) in [6, 6.07) is 0. The van der Waals surface area contributed by atoms with Crippen LogP contribution in [0, 0.1) is 10.8 Å². The van der Waals surface area contributed by atoms with Crippen LogP contribution in [0.2, 0.25) is 0 Å². The van der Waals surface area contributed by atoms with Crippen LogP contribution in [0.1, 0.15) is 41.5 Å². The van der Waals surface area contributed by atoms with Crippen LogP contribution in [-0.4, -0.2) is 90.4 Å². The molecule has 0 saturated heterocycles. The summed E-state index contributed by atoms with van der Waals surface area (Å²) < 4.78 is 33.1. The van der Waals surface area contributed by atoms with Crippen molar-refractivity contribution in [1.29, 1.82) is 0 Å². The van der Waals surface area contributed by atoms with E-state index in [-0.39, 0.29) is 0 Å². The molecule has 29 heavy (non-hydrogen) atoms. The van der Waals surface area contributed by atoms with Crippen molar-refractivity contribution in [3.05, 3.63) is 12.7 Å². The van der Waals surface area contributed by atoms with Crippen LogP contribution in [0.25, 0.3) is 0 Å². The van der Waals surface area contributed by atoms with Crippen LogP contribution in [0.5, 0.6) is 0 Å². The average molecular weight is 443 g/mol. The molecule has 9 heteroatoms. The molecular formula is C20H46N2O6S. The van der Waals surface area contributed by atoms with Gasteiger partial charge in [-0.25, -0.2) is 8.42 Å². The highest BCUT2D eigenvalue weighted by Crippen LogP contribution is 2.16. The first-order valence-corrected chi connectivity index (χ1v) is 10.5. The largest absolute Gasteiger partial charge is 0.726 e. The topological polar surface area (TPSA) is 107 Å². The minimum absolute atomic E-state index is 0.457. The third-order valence-corrected chi connectivity index (χ3v) is 2.68. The molecule has 0 aliphatic carbocycles. The van der Waals surface area contributed by atoms with Crippen LogP contribution in [-0.2, 0) is 19.4 Å². The Balaban J connectivity index is -0.000000148. The van der Waals surface area contributed by atoms with Gasteiger partial charge in [0.15, 0.2) is 0 Å². The van der Waals surface area contributed by atoms with E-state index in [4.69, 9.17) is 9.90 Å². The summed E-state index contributed by atoms with van der Waals surface area (Å²) in [5, 5.41) is 9.14. The number of hydrogen-bond acceptors (Lipinski definition) is 6. The van der Waals surface area contributed by atoms with Gasteiger partial charge in [-0.1, -0.05) is 48.1 Å². The SMILES string of the molecule is C=CC(=O)[O-].CC(C)(C)C[N+](C)(C)C.CC(C)(C)C[N+](C)(C)C.COS(=O)(=O)[O-]. The van der Waals surface area contributed by atoms with Crippen LogP contribution < -0.4 is 5.11 Å². The van der Waals surface area contributed by atoms with E-state index in [0.717, 1.165) is 22.2 Å². The fraction of sp³-hybridized carbons (Fsp3) is 0.850. The van der Waals surface area contributed by atoms with Crippen molar-refractivity contribution < 1.29 is 36.0 Å². The van der Waals surface area contributed by atoms with Gasteiger partial charge in [-0.2, -0.15) is 0 Å². The number of rotatable bonds is 4. The normalized spacial score (nSPS) is 12.2. The van der Waals surface area contributed by atoms with Crippen molar-refractivity contribution in [3.63, 3.8) is 0 Å². The molecule has 0 aromatic rings. The molecule has 0 aliphatic rings. The molecule has 0 rings (SSSR count). The molecule has 0 bridgehead atoms. The van der Waals surface area contributed by atoms with E-state index in [0.29, 0.717) is 10.8 Å². The van der Waals surface area contributed by atoms with E-state index in [1.54, 1.807) is 0 Å². The van der Waals surface area contributed by atoms with Crippen molar-refractivity contribution in [3.8, 4) is 0 Å². The Kier molecular flexibility index (Phi) is 17.2. The minimum Gasteiger partial charge on any atom is -0.726 e. The molecule has 0 saturated carbocycles. The Hall–Kier alpha value is -1.00. The smallest absolute Gasteiger partial charge is 0.217 e. The van der Waals surface area contributed by atoms with Crippen LogP contribution in [0.3, 0.4) is 0 Å². The molecule has 8 nitrogen and oxygen atoms in total. The highest BCUT2D eigenvalue weighted by Gasteiger charge is 2.20. The third kappa shape index (κ3) is 65.9. The highest BCUT2D eigenvalue weighted by atomic mass is 32.3. The van der Waals surface area contributed by atoms with Gasteiger partial charge >= 0.3 is 0 Å². The van der Waals surface area contributed by atoms with E-state index in [2.05, 4.69) is 94.6 Å². The Morgan fingerprint density at radius 1 is 0.897 bits per heavy atom. The number of carbonyl (C=O) groups is 1. The zero-order valence-electron chi connectivity index (χ0n) is 21.0. The molecule has 0 N–H and O–H groups in total. The zero-order chi connectivity index (χ0) is 24.9. The molecule has 0 radical (unpaired) electrons. The van der Waals surface area contributed by atoms with Gasteiger partial charge in [-0.05, 0) is 6.08 Å². The summed E-state index contributed by atoms with van der Waals surface area (Å²) in [6.07, 6.45) is 0.722. The lowest BCUT2D eigenvalue weighted by molar-refractivity contribution is -0.876. The first-order chi connectivity index (χ1) is 12.2. The number of carboxylic acids is 1. The maximum absolute atomic E-state index is 9.22. The van der Waals surface area contributed by atoms with Crippen LogP contribution >= 0.6 is 0 Å². The summed E-state index contributed by atoms with van der Waals surface area (Å²) in [5.41, 5.74) is 0.913. The monoisotopic (exact) mass is 442 g/mol. The van der Waals surface area contributed by atoms with Gasteiger partial charge in [0.25, 0.3) is 0 Å². The molecule has 178 valence electrons. The van der Waals surface area contributed by atoms with Gasteiger partial charge in [-0.15, -0.1) is 0 Å². The molecule has 0 fully saturated rings.